The molecule has 0 heterocycles. The van der Waals surface area contributed by atoms with Gasteiger partial charge in [0.05, 0.1) is 0 Å². The van der Waals surface area contributed by atoms with Gasteiger partial charge in [-0.1, -0.05) is 62.5 Å². The zero-order valence-electron chi connectivity index (χ0n) is 13.9. The molecule has 6 aliphatic rings. The Bertz CT molecular complexity index is 602. The van der Waals surface area contributed by atoms with Crippen molar-refractivity contribution in [3.05, 3.63) is 47.6 Å². The number of rotatable bonds is 0. The lowest BCUT2D eigenvalue weighted by Crippen LogP contribution is -2.15. The van der Waals surface area contributed by atoms with Gasteiger partial charge in [0.1, 0.15) is 0 Å². The Morgan fingerprint density at radius 3 is 2.12 bits per heavy atom. The molecule has 6 rings (SSSR count). The van der Waals surface area contributed by atoms with Crippen molar-refractivity contribution in [3.63, 3.8) is 0 Å². The van der Waals surface area contributed by atoms with Crippen molar-refractivity contribution in [2.24, 2.45) is 47.3 Å². The minimum atomic E-state index is 0. The van der Waals surface area contributed by atoms with Crippen molar-refractivity contribution in [1.82, 2.24) is 0 Å². The minimum Gasteiger partial charge on any atom is -0.0850 e. The number of hydrogen-bond acceptors (Lipinski definition) is 0. The van der Waals surface area contributed by atoms with Gasteiger partial charge in [-0.05, 0) is 86.9 Å². The zero-order valence-corrected chi connectivity index (χ0v) is 13.9. The molecular formula is C24H36. The Morgan fingerprint density at radius 2 is 1.42 bits per heavy atom. The van der Waals surface area contributed by atoms with Crippen LogP contribution in [0.5, 0.6) is 0 Å². The molecule has 24 heavy (non-hydrogen) atoms. The van der Waals surface area contributed by atoms with E-state index < -0.39 is 0 Å². The molecule has 0 radical (unpaired) electrons. The summed E-state index contributed by atoms with van der Waals surface area (Å²) in [6.07, 6.45) is 20.5. The molecule has 0 N–H and O–H groups in total. The first-order valence-electron chi connectivity index (χ1n) is 9.41. The Labute approximate surface area is 149 Å². The minimum absolute atomic E-state index is 0. The second-order valence-electron chi connectivity index (χ2n) is 8.73. The second kappa shape index (κ2) is 6.36. The average Bonchev–Trinajstić information content (AvgIpc) is 3.28. The van der Waals surface area contributed by atoms with Gasteiger partial charge in [-0.25, -0.2) is 0 Å². The van der Waals surface area contributed by atoms with E-state index in [2.05, 4.69) is 50.3 Å². The van der Waals surface area contributed by atoms with E-state index in [0.29, 0.717) is 0 Å². The molecule has 8 unspecified atom stereocenters. The van der Waals surface area contributed by atoms with E-state index in [9.17, 15) is 0 Å². The molecular weight excluding hydrogens is 288 g/mol. The van der Waals surface area contributed by atoms with Crippen LogP contribution >= 0.6 is 0 Å². The smallest absolute Gasteiger partial charge is 0.0106 e. The number of fused-ring (bicyclic) bond motifs is 10. The van der Waals surface area contributed by atoms with Crippen LogP contribution in [0.1, 0.15) is 54.4 Å². The molecule has 4 bridgehead atoms. The van der Waals surface area contributed by atoms with Crippen LogP contribution in [0.2, 0.25) is 0 Å². The number of hydrogen-bond donors (Lipinski definition) is 0. The van der Waals surface area contributed by atoms with Crippen LogP contribution in [0.15, 0.2) is 47.6 Å². The topological polar surface area (TPSA) is 0 Å². The van der Waals surface area contributed by atoms with Gasteiger partial charge in [-0.3, -0.25) is 0 Å². The average molecular weight is 325 g/mol. The third-order valence-corrected chi connectivity index (χ3v) is 7.58. The summed E-state index contributed by atoms with van der Waals surface area (Å²) >= 11 is 0. The highest BCUT2D eigenvalue weighted by Crippen LogP contribution is 2.55. The van der Waals surface area contributed by atoms with Gasteiger partial charge < -0.3 is 0 Å². The summed E-state index contributed by atoms with van der Waals surface area (Å²) in [5.74, 6) is 7.62. The molecule has 132 valence electrons. The van der Waals surface area contributed by atoms with Crippen LogP contribution in [-0.2, 0) is 0 Å². The highest BCUT2D eigenvalue weighted by molar-refractivity contribution is 5.27. The van der Waals surface area contributed by atoms with Crippen molar-refractivity contribution in [1.29, 1.82) is 0 Å². The van der Waals surface area contributed by atoms with Crippen LogP contribution in [0.3, 0.4) is 0 Å². The van der Waals surface area contributed by atoms with Gasteiger partial charge in [0.25, 0.3) is 0 Å². The molecule has 0 saturated heterocycles. The zero-order chi connectivity index (χ0) is 14.8. The fourth-order valence-corrected chi connectivity index (χ4v) is 6.65. The molecule has 0 heteroatoms. The Balaban J connectivity index is 0.000000130. The third-order valence-electron chi connectivity index (χ3n) is 7.58. The second-order valence-corrected chi connectivity index (χ2v) is 8.73. The summed E-state index contributed by atoms with van der Waals surface area (Å²) < 4.78 is 0. The van der Waals surface area contributed by atoms with Crippen molar-refractivity contribution in [2.75, 3.05) is 0 Å². The van der Waals surface area contributed by atoms with Gasteiger partial charge in [0.2, 0.25) is 0 Å². The van der Waals surface area contributed by atoms with E-state index >= 15 is 0 Å². The Kier molecular flexibility index (Phi) is 4.71. The van der Waals surface area contributed by atoms with E-state index in [1.165, 1.54) is 25.7 Å². The molecule has 6 aliphatic carbocycles. The third kappa shape index (κ3) is 2.49. The molecule has 0 aromatic carbocycles. The first-order chi connectivity index (χ1) is 10.7. The van der Waals surface area contributed by atoms with Crippen LogP contribution in [0, 0.1) is 47.3 Å². The monoisotopic (exact) mass is 324 g/mol. The van der Waals surface area contributed by atoms with Crippen LogP contribution < -0.4 is 0 Å². The standard InChI is InChI=1S/2C11H14.2CH4/c1-7-2-5-10-8-3-4-9(6-8)11(7)10;1-7-4-10-8-2-3-9(6-8)11(10)5-7;;/h2*2-4,8-11H,5-6H2,1H3;2*1H4. The first-order valence-corrected chi connectivity index (χ1v) is 9.41. The van der Waals surface area contributed by atoms with Crippen LogP contribution in [0.4, 0.5) is 0 Å². The molecule has 0 aromatic rings. The van der Waals surface area contributed by atoms with Crippen molar-refractivity contribution in [3.8, 4) is 0 Å². The maximum Gasteiger partial charge on any atom is -0.0106 e. The maximum absolute atomic E-state index is 2.53. The highest BCUT2D eigenvalue weighted by Gasteiger charge is 2.46. The summed E-state index contributed by atoms with van der Waals surface area (Å²) in [6.45, 7) is 4.61. The fourth-order valence-electron chi connectivity index (χ4n) is 6.65. The lowest BCUT2D eigenvalue weighted by Gasteiger charge is -2.21. The van der Waals surface area contributed by atoms with E-state index in [-0.39, 0.29) is 14.9 Å². The van der Waals surface area contributed by atoms with E-state index in [1.54, 1.807) is 11.1 Å². The molecule has 0 aromatic heterocycles. The quantitative estimate of drug-likeness (QED) is 0.429. The van der Waals surface area contributed by atoms with Crippen molar-refractivity contribution in [2.45, 2.75) is 54.4 Å². The summed E-state index contributed by atoms with van der Waals surface area (Å²) in [5.41, 5.74) is 3.31. The number of allylic oxidation sites excluding steroid dienone is 8. The molecule has 2 fully saturated rings. The highest BCUT2D eigenvalue weighted by atomic mass is 14.5. The van der Waals surface area contributed by atoms with Crippen LogP contribution in [-0.4, -0.2) is 0 Å². The van der Waals surface area contributed by atoms with Crippen molar-refractivity contribution >= 4 is 0 Å². The van der Waals surface area contributed by atoms with Crippen molar-refractivity contribution < 1.29 is 0 Å². The van der Waals surface area contributed by atoms with Gasteiger partial charge >= 0.3 is 0 Å². The maximum atomic E-state index is 2.53. The van der Waals surface area contributed by atoms with Gasteiger partial charge in [-0.2, -0.15) is 0 Å². The predicted octanol–water partition coefficient (Wildman–Crippen LogP) is 6.82. The van der Waals surface area contributed by atoms with E-state index in [4.69, 9.17) is 0 Å². The predicted molar refractivity (Wildman–Crippen MR) is 106 cm³/mol. The molecule has 0 nitrogen and oxygen atoms in total. The fraction of sp³-hybridized carbons (Fsp3) is 0.667. The lowest BCUT2D eigenvalue weighted by molar-refractivity contribution is 0.385. The summed E-state index contributed by atoms with van der Waals surface area (Å²) in [7, 11) is 0. The summed E-state index contributed by atoms with van der Waals surface area (Å²) in [4.78, 5) is 0. The van der Waals surface area contributed by atoms with Gasteiger partial charge in [0.15, 0.2) is 0 Å². The Hall–Kier alpha value is -1.04. The molecule has 0 spiro atoms. The first kappa shape index (κ1) is 17.8. The normalized spacial score (nSPS) is 47.2. The molecule has 0 amide bonds. The Morgan fingerprint density at radius 1 is 0.792 bits per heavy atom. The SMILES string of the molecule is C.C.CC1=CC2C3C=CC(C3)C2C1.CC1=CCC2C3C=CC(C3)C12. The van der Waals surface area contributed by atoms with Crippen LogP contribution in [0.25, 0.3) is 0 Å². The largest absolute Gasteiger partial charge is 0.0850 e. The molecule has 0 aliphatic heterocycles. The lowest BCUT2D eigenvalue weighted by atomic mass is 9.83. The van der Waals surface area contributed by atoms with E-state index in [0.717, 1.165) is 47.3 Å². The van der Waals surface area contributed by atoms with Gasteiger partial charge in [-0.15, -0.1) is 0 Å². The van der Waals surface area contributed by atoms with Gasteiger partial charge in [0, 0.05) is 0 Å². The van der Waals surface area contributed by atoms with E-state index in [1.807, 2.05) is 0 Å². The molecule has 8 atom stereocenters. The summed E-state index contributed by atoms with van der Waals surface area (Å²) in [5, 5.41) is 0. The molecule has 2 saturated carbocycles. The summed E-state index contributed by atoms with van der Waals surface area (Å²) in [6, 6.07) is 0.